The van der Waals surface area contributed by atoms with E-state index in [-0.39, 0.29) is 23.9 Å². The molecule has 0 bridgehead atoms. The van der Waals surface area contributed by atoms with E-state index < -0.39 is 0 Å². The molecule has 0 spiro atoms. The van der Waals surface area contributed by atoms with Crippen LogP contribution in [0.3, 0.4) is 0 Å². The van der Waals surface area contributed by atoms with Crippen LogP contribution in [-0.2, 0) is 17.7 Å². The Balaban J connectivity index is 1.61. The van der Waals surface area contributed by atoms with E-state index in [0.29, 0.717) is 6.42 Å². The number of benzene rings is 2. The van der Waals surface area contributed by atoms with Gasteiger partial charge in [-0.05, 0) is 23.6 Å². The highest BCUT2D eigenvalue weighted by atomic mass is 16.7. The van der Waals surface area contributed by atoms with Gasteiger partial charge in [-0.2, -0.15) is 0 Å². The molecule has 0 aliphatic carbocycles. The summed E-state index contributed by atoms with van der Waals surface area (Å²) in [7, 11) is 0. The molecule has 2 aromatic carbocycles. The number of hydrogen-bond acceptors (Lipinski definition) is 4. The zero-order valence-corrected chi connectivity index (χ0v) is 14.8. The largest absolute Gasteiger partial charge is 0.494 e. The van der Waals surface area contributed by atoms with Crippen LogP contribution in [0.2, 0.25) is 0 Å². The first-order valence-corrected chi connectivity index (χ1v) is 9.00. The second kappa shape index (κ2) is 7.60. The van der Waals surface area contributed by atoms with Gasteiger partial charge in [0.1, 0.15) is 6.10 Å². The molecule has 4 rings (SSSR count). The van der Waals surface area contributed by atoms with E-state index in [4.69, 9.17) is 4.84 Å². The Kier molecular flexibility index (Phi) is 4.85. The first-order valence-electron chi connectivity index (χ1n) is 9.00. The van der Waals surface area contributed by atoms with Crippen molar-refractivity contribution in [3.05, 3.63) is 95.7 Å². The lowest BCUT2D eigenvalue weighted by molar-refractivity contribution is 0.00921. The Morgan fingerprint density at radius 2 is 1.44 bits per heavy atom. The van der Waals surface area contributed by atoms with Crippen LogP contribution in [0.5, 0.6) is 11.8 Å². The second-order valence-corrected chi connectivity index (χ2v) is 6.72. The molecule has 0 fully saturated rings. The van der Waals surface area contributed by atoms with Gasteiger partial charge in [-0.15, -0.1) is 0 Å². The molecule has 5 heteroatoms. The fourth-order valence-electron chi connectivity index (χ4n) is 3.49. The van der Waals surface area contributed by atoms with Crippen LogP contribution >= 0.6 is 0 Å². The van der Waals surface area contributed by atoms with Crippen molar-refractivity contribution in [2.75, 3.05) is 0 Å². The molecule has 138 valence electrons. The van der Waals surface area contributed by atoms with Gasteiger partial charge in [0, 0.05) is 24.3 Å². The lowest BCUT2D eigenvalue weighted by Gasteiger charge is -2.24. The van der Waals surface area contributed by atoms with Crippen molar-refractivity contribution in [1.29, 1.82) is 0 Å². The van der Waals surface area contributed by atoms with Crippen LogP contribution in [0, 0.1) is 0 Å². The van der Waals surface area contributed by atoms with E-state index in [9.17, 15) is 10.2 Å². The van der Waals surface area contributed by atoms with Crippen molar-refractivity contribution in [2.45, 2.75) is 25.0 Å². The molecule has 0 amide bonds. The Labute approximate surface area is 158 Å². The van der Waals surface area contributed by atoms with E-state index in [0.717, 1.165) is 17.7 Å². The number of rotatable bonds is 6. The summed E-state index contributed by atoms with van der Waals surface area (Å²) in [6, 6.07) is 22.8. The molecule has 2 heterocycles. The maximum Gasteiger partial charge on any atom is 0.194 e. The van der Waals surface area contributed by atoms with Crippen LogP contribution in [0.4, 0.5) is 0 Å². The summed E-state index contributed by atoms with van der Waals surface area (Å²) in [4.78, 5) is 5.82. The van der Waals surface area contributed by atoms with E-state index in [1.807, 2.05) is 54.6 Å². The fourth-order valence-corrected chi connectivity index (χ4v) is 3.49. The number of nitrogens with one attached hydrogen (secondary N) is 1. The molecule has 1 aliphatic rings. The van der Waals surface area contributed by atoms with Gasteiger partial charge in [0.25, 0.3) is 0 Å². The average molecular weight is 362 g/mol. The summed E-state index contributed by atoms with van der Waals surface area (Å²) >= 11 is 0. The first-order chi connectivity index (χ1) is 13.2. The van der Waals surface area contributed by atoms with Gasteiger partial charge >= 0.3 is 0 Å². The van der Waals surface area contributed by atoms with Crippen molar-refractivity contribution in [1.82, 2.24) is 10.0 Å². The first kappa shape index (κ1) is 17.2. The van der Waals surface area contributed by atoms with Gasteiger partial charge < -0.3 is 10.2 Å². The number of hydrogen-bond donors (Lipinski definition) is 3. The molecule has 3 aromatic rings. The van der Waals surface area contributed by atoms with E-state index in [1.54, 1.807) is 0 Å². The highest BCUT2D eigenvalue weighted by Gasteiger charge is 2.30. The lowest BCUT2D eigenvalue weighted by Crippen LogP contribution is -2.27. The number of allylic oxidation sites excluding steroid dienone is 1. The van der Waals surface area contributed by atoms with Crippen molar-refractivity contribution in [3.63, 3.8) is 0 Å². The Bertz CT molecular complexity index is 900. The summed E-state index contributed by atoms with van der Waals surface area (Å²) < 4.78 is 1.52. The number of hydroxylamine groups is 1. The normalized spacial score (nSPS) is 17.3. The van der Waals surface area contributed by atoms with Crippen molar-refractivity contribution >= 4 is 0 Å². The zero-order chi connectivity index (χ0) is 18.6. The molecule has 0 radical (unpaired) electrons. The molecule has 0 saturated heterocycles. The summed E-state index contributed by atoms with van der Waals surface area (Å²) in [5, 5.41) is 20.5. The predicted molar refractivity (Wildman–Crippen MR) is 103 cm³/mol. The standard InChI is InChI=1S/C22H22N2O3/c25-21-11-12-22(26)24(21)19(14-17-9-5-2-6-10-17)20-15-18(23-27-20)13-16-7-3-1-4-8-16/h1-12,15,19-20,23,25-26H,13-14H2. The minimum atomic E-state index is -0.326. The van der Waals surface area contributed by atoms with E-state index >= 15 is 0 Å². The molecule has 27 heavy (non-hydrogen) atoms. The maximum absolute atomic E-state index is 10.2. The van der Waals surface area contributed by atoms with Gasteiger partial charge in [-0.1, -0.05) is 60.7 Å². The van der Waals surface area contributed by atoms with E-state index in [1.165, 1.54) is 22.3 Å². The van der Waals surface area contributed by atoms with Crippen LogP contribution in [0.1, 0.15) is 17.2 Å². The molecule has 5 nitrogen and oxygen atoms in total. The Morgan fingerprint density at radius 3 is 2.07 bits per heavy atom. The van der Waals surface area contributed by atoms with Crippen LogP contribution in [0.15, 0.2) is 84.6 Å². The molecule has 1 aromatic heterocycles. The minimum Gasteiger partial charge on any atom is -0.494 e. The molecular formula is C22H22N2O3. The number of nitrogens with zero attached hydrogens (tertiary/aromatic N) is 1. The number of aromatic nitrogens is 1. The van der Waals surface area contributed by atoms with Crippen LogP contribution in [-0.4, -0.2) is 20.9 Å². The van der Waals surface area contributed by atoms with Crippen LogP contribution in [0.25, 0.3) is 0 Å². The average Bonchev–Trinajstić information content (AvgIpc) is 3.28. The third-order valence-corrected chi connectivity index (χ3v) is 4.80. The Hall–Kier alpha value is -3.18. The van der Waals surface area contributed by atoms with Crippen molar-refractivity contribution in [2.24, 2.45) is 0 Å². The van der Waals surface area contributed by atoms with Crippen molar-refractivity contribution in [3.8, 4) is 11.8 Å². The minimum absolute atomic E-state index is 0.0157. The highest BCUT2D eigenvalue weighted by Crippen LogP contribution is 2.34. The van der Waals surface area contributed by atoms with Crippen LogP contribution < -0.4 is 5.48 Å². The molecule has 2 unspecified atom stereocenters. The van der Waals surface area contributed by atoms with Gasteiger partial charge in [0.2, 0.25) is 0 Å². The third kappa shape index (κ3) is 3.83. The third-order valence-electron chi connectivity index (χ3n) is 4.80. The van der Waals surface area contributed by atoms with Gasteiger partial charge in [-0.3, -0.25) is 14.9 Å². The zero-order valence-electron chi connectivity index (χ0n) is 14.8. The van der Waals surface area contributed by atoms with E-state index in [2.05, 4.69) is 17.6 Å². The van der Waals surface area contributed by atoms with Crippen molar-refractivity contribution < 1.29 is 15.1 Å². The van der Waals surface area contributed by atoms with Gasteiger partial charge in [0.05, 0.1) is 6.04 Å². The molecular weight excluding hydrogens is 340 g/mol. The van der Waals surface area contributed by atoms with Gasteiger partial charge in [0.15, 0.2) is 11.8 Å². The maximum atomic E-state index is 10.2. The predicted octanol–water partition coefficient (Wildman–Crippen LogP) is 3.71. The smallest absolute Gasteiger partial charge is 0.194 e. The second-order valence-electron chi connectivity index (χ2n) is 6.72. The quantitative estimate of drug-likeness (QED) is 0.625. The molecule has 2 atom stereocenters. The molecule has 0 saturated carbocycles. The summed E-state index contributed by atoms with van der Waals surface area (Å²) in [5.74, 6) is 0.0314. The summed E-state index contributed by atoms with van der Waals surface area (Å²) in [6.45, 7) is 0. The topological polar surface area (TPSA) is 66.7 Å². The Morgan fingerprint density at radius 1 is 0.852 bits per heavy atom. The fraction of sp³-hybridized carbons (Fsp3) is 0.182. The summed E-state index contributed by atoms with van der Waals surface area (Å²) in [5.41, 5.74) is 6.26. The van der Waals surface area contributed by atoms with Gasteiger partial charge in [-0.25, -0.2) is 0 Å². The number of aromatic hydroxyl groups is 2. The summed E-state index contributed by atoms with van der Waals surface area (Å²) in [6.07, 6.45) is 3.05. The SMILES string of the molecule is Oc1ccc(O)n1C(Cc1ccccc1)C1C=C(Cc2ccccc2)NO1. The highest BCUT2D eigenvalue weighted by molar-refractivity contribution is 5.29. The molecule has 1 aliphatic heterocycles. The lowest BCUT2D eigenvalue weighted by atomic mass is 9.99. The molecule has 3 N–H and O–H groups in total. The monoisotopic (exact) mass is 362 g/mol.